The van der Waals surface area contributed by atoms with Crippen molar-refractivity contribution < 1.29 is 0 Å². The molecule has 0 aliphatic heterocycles. The molecule has 0 fully saturated rings. The van der Waals surface area contributed by atoms with Crippen LogP contribution in [0.25, 0.3) is 0 Å². The molecule has 100 valence electrons. The first-order chi connectivity index (χ1) is 9.13. The summed E-state index contributed by atoms with van der Waals surface area (Å²) in [6.45, 7) is 2.69. The molecule has 2 aromatic rings. The minimum Gasteiger partial charge on any atom is -0.279 e. The lowest BCUT2D eigenvalue weighted by Gasteiger charge is -2.11. The molecule has 0 aliphatic carbocycles. The zero-order valence-electron chi connectivity index (χ0n) is 10.7. The summed E-state index contributed by atoms with van der Waals surface area (Å²) < 4.78 is 2.63. The largest absolute Gasteiger partial charge is 0.332 e. The number of halogens is 1. The predicted octanol–water partition coefficient (Wildman–Crippen LogP) is 2.12. The Labute approximate surface area is 115 Å². The molecule has 2 rings (SSSR count). The van der Waals surface area contributed by atoms with E-state index in [0.717, 1.165) is 12.0 Å². The second-order valence-electron chi connectivity index (χ2n) is 4.31. The van der Waals surface area contributed by atoms with Crippen LogP contribution >= 0.6 is 11.6 Å². The molecule has 0 N–H and O–H groups in total. The van der Waals surface area contributed by atoms with Gasteiger partial charge in [-0.2, -0.15) is 0 Å². The average molecular weight is 279 g/mol. The van der Waals surface area contributed by atoms with Crippen LogP contribution in [-0.2, 0) is 13.1 Å². The Balaban J connectivity index is 2.49. The summed E-state index contributed by atoms with van der Waals surface area (Å²) in [4.78, 5) is 24.0. The zero-order chi connectivity index (χ0) is 13.8. The Morgan fingerprint density at radius 1 is 1.11 bits per heavy atom. The van der Waals surface area contributed by atoms with Gasteiger partial charge in [0.15, 0.2) is 0 Å². The molecule has 0 radical (unpaired) electrons. The van der Waals surface area contributed by atoms with Crippen LogP contribution in [-0.4, -0.2) is 9.13 Å². The molecule has 0 bridgehead atoms. The summed E-state index contributed by atoms with van der Waals surface area (Å²) in [5, 5.41) is 0.172. The van der Waals surface area contributed by atoms with Gasteiger partial charge in [0.05, 0.1) is 6.54 Å². The van der Waals surface area contributed by atoms with Crippen LogP contribution < -0.4 is 11.2 Å². The Hall–Kier alpha value is -1.81. The lowest BCUT2D eigenvalue weighted by molar-refractivity contribution is 0.566. The van der Waals surface area contributed by atoms with E-state index in [1.807, 2.05) is 37.3 Å². The van der Waals surface area contributed by atoms with Gasteiger partial charge in [0.2, 0.25) is 0 Å². The van der Waals surface area contributed by atoms with Crippen molar-refractivity contribution in [2.45, 2.75) is 26.4 Å². The summed E-state index contributed by atoms with van der Waals surface area (Å²) >= 11 is 6.01. The topological polar surface area (TPSA) is 44.0 Å². The standard InChI is InChI=1S/C14H15ClN2O2/c1-2-8-16-13(18)9-12(15)17(14(16)19)10-11-6-4-3-5-7-11/h3-7,9H,2,8,10H2,1H3. The molecule has 0 unspecified atom stereocenters. The molecule has 1 aromatic carbocycles. The summed E-state index contributed by atoms with van der Waals surface area (Å²) in [7, 11) is 0. The third-order valence-corrected chi connectivity index (χ3v) is 3.17. The van der Waals surface area contributed by atoms with Crippen LogP contribution in [0.4, 0.5) is 0 Å². The maximum Gasteiger partial charge on any atom is 0.332 e. The van der Waals surface area contributed by atoms with Crippen molar-refractivity contribution in [1.82, 2.24) is 9.13 Å². The molecule has 1 heterocycles. The van der Waals surface area contributed by atoms with Gasteiger partial charge in [0, 0.05) is 12.6 Å². The molecule has 0 atom stereocenters. The van der Waals surface area contributed by atoms with Gasteiger partial charge >= 0.3 is 5.69 Å². The van der Waals surface area contributed by atoms with Crippen molar-refractivity contribution in [2.24, 2.45) is 0 Å². The second-order valence-corrected chi connectivity index (χ2v) is 4.70. The number of benzene rings is 1. The highest BCUT2D eigenvalue weighted by atomic mass is 35.5. The van der Waals surface area contributed by atoms with Crippen molar-refractivity contribution in [3.8, 4) is 0 Å². The number of rotatable bonds is 4. The minimum atomic E-state index is -0.358. The highest BCUT2D eigenvalue weighted by molar-refractivity contribution is 6.29. The average Bonchev–Trinajstić information content (AvgIpc) is 2.41. The maximum atomic E-state index is 12.2. The smallest absolute Gasteiger partial charge is 0.279 e. The normalized spacial score (nSPS) is 10.6. The van der Waals surface area contributed by atoms with Crippen molar-refractivity contribution in [2.75, 3.05) is 0 Å². The van der Waals surface area contributed by atoms with Gasteiger partial charge in [-0.05, 0) is 12.0 Å². The predicted molar refractivity (Wildman–Crippen MR) is 75.8 cm³/mol. The molecule has 5 heteroatoms. The third-order valence-electron chi connectivity index (χ3n) is 2.86. The van der Waals surface area contributed by atoms with Crippen molar-refractivity contribution in [3.63, 3.8) is 0 Å². The van der Waals surface area contributed by atoms with Gasteiger partial charge in [-0.1, -0.05) is 48.9 Å². The number of hydrogen-bond donors (Lipinski definition) is 0. The monoisotopic (exact) mass is 278 g/mol. The van der Waals surface area contributed by atoms with Gasteiger partial charge in [-0.25, -0.2) is 4.79 Å². The van der Waals surface area contributed by atoms with E-state index in [0.29, 0.717) is 13.1 Å². The van der Waals surface area contributed by atoms with Gasteiger partial charge in [0.25, 0.3) is 5.56 Å². The van der Waals surface area contributed by atoms with Crippen LogP contribution in [0.2, 0.25) is 5.15 Å². The van der Waals surface area contributed by atoms with Crippen molar-refractivity contribution >= 4 is 11.6 Å². The van der Waals surface area contributed by atoms with E-state index in [4.69, 9.17) is 11.6 Å². The Bertz CT molecular complexity index is 674. The molecule has 0 aliphatic rings. The molecular formula is C14H15ClN2O2. The summed E-state index contributed by atoms with van der Waals surface area (Å²) in [5.41, 5.74) is 0.262. The second kappa shape index (κ2) is 5.89. The minimum absolute atomic E-state index is 0.172. The Kier molecular flexibility index (Phi) is 4.22. The zero-order valence-corrected chi connectivity index (χ0v) is 11.4. The lowest BCUT2D eigenvalue weighted by Crippen LogP contribution is -2.39. The summed E-state index contributed by atoms with van der Waals surface area (Å²) in [5.74, 6) is 0. The highest BCUT2D eigenvalue weighted by Gasteiger charge is 2.09. The fraction of sp³-hybridized carbons (Fsp3) is 0.286. The molecular weight excluding hydrogens is 264 g/mol. The first-order valence-electron chi connectivity index (χ1n) is 6.17. The maximum absolute atomic E-state index is 12.2. The number of hydrogen-bond acceptors (Lipinski definition) is 2. The first kappa shape index (κ1) is 13.6. The van der Waals surface area contributed by atoms with Crippen LogP contribution in [0.3, 0.4) is 0 Å². The van der Waals surface area contributed by atoms with Gasteiger partial charge in [-0.3, -0.25) is 13.9 Å². The quantitative estimate of drug-likeness (QED) is 0.804. The molecule has 0 saturated heterocycles. The lowest BCUT2D eigenvalue weighted by atomic mass is 10.2. The highest BCUT2D eigenvalue weighted by Crippen LogP contribution is 2.07. The van der Waals surface area contributed by atoms with Gasteiger partial charge in [0.1, 0.15) is 5.15 Å². The third kappa shape index (κ3) is 2.96. The van der Waals surface area contributed by atoms with E-state index in [2.05, 4.69) is 0 Å². The van der Waals surface area contributed by atoms with Crippen LogP contribution in [0.15, 0.2) is 46.0 Å². The van der Waals surface area contributed by atoms with Gasteiger partial charge in [-0.15, -0.1) is 0 Å². The van der Waals surface area contributed by atoms with E-state index in [-0.39, 0.29) is 16.4 Å². The van der Waals surface area contributed by atoms with Gasteiger partial charge < -0.3 is 0 Å². The molecule has 19 heavy (non-hydrogen) atoms. The summed E-state index contributed by atoms with van der Waals surface area (Å²) in [6.07, 6.45) is 0.724. The van der Waals surface area contributed by atoms with E-state index in [1.54, 1.807) is 0 Å². The molecule has 0 saturated carbocycles. The molecule has 1 aromatic heterocycles. The fourth-order valence-electron chi connectivity index (χ4n) is 1.93. The van der Waals surface area contributed by atoms with Crippen molar-refractivity contribution in [1.29, 1.82) is 0 Å². The van der Waals surface area contributed by atoms with E-state index >= 15 is 0 Å². The molecule has 0 spiro atoms. The van der Waals surface area contributed by atoms with E-state index < -0.39 is 0 Å². The Morgan fingerprint density at radius 3 is 2.42 bits per heavy atom. The van der Waals surface area contributed by atoms with Crippen LogP contribution in [0, 0.1) is 0 Å². The number of nitrogens with zero attached hydrogens (tertiary/aromatic N) is 2. The molecule has 4 nitrogen and oxygen atoms in total. The molecule has 0 amide bonds. The fourth-order valence-corrected chi connectivity index (χ4v) is 2.15. The Morgan fingerprint density at radius 2 is 1.79 bits per heavy atom. The van der Waals surface area contributed by atoms with E-state index in [1.165, 1.54) is 15.2 Å². The number of aromatic nitrogens is 2. The van der Waals surface area contributed by atoms with Crippen LogP contribution in [0.5, 0.6) is 0 Å². The van der Waals surface area contributed by atoms with E-state index in [9.17, 15) is 9.59 Å². The van der Waals surface area contributed by atoms with Crippen molar-refractivity contribution in [3.05, 3.63) is 68.0 Å². The van der Waals surface area contributed by atoms with Crippen LogP contribution in [0.1, 0.15) is 18.9 Å². The first-order valence-corrected chi connectivity index (χ1v) is 6.55. The SMILES string of the molecule is CCCn1c(=O)cc(Cl)n(Cc2ccccc2)c1=O. The summed E-state index contributed by atoms with van der Waals surface area (Å²) in [6, 6.07) is 10.8.